The van der Waals surface area contributed by atoms with E-state index < -0.39 is 5.97 Å². The van der Waals surface area contributed by atoms with Gasteiger partial charge in [0.1, 0.15) is 0 Å². The van der Waals surface area contributed by atoms with E-state index in [0.717, 1.165) is 0 Å². The molecule has 0 radical (unpaired) electrons. The molecule has 0 unspecified atom stereocenters. The molecule has 0 spiro atoms. The molecule has 2 nitrogen and oxygen atoms in total. The van der Waals surface area contributed by atoms with E-state index >= 15 is 0 Å². The minimum atomic E-state index is -0.745. The second kappa shape index (κ2) is 5.73. The van der Waals surface area contributed by atoms with Crippen molar-refractivity contribution in [3.8, 4) is 0 Å². The van der Waals surface area contributed by atoms with Crippen molar-refractivity contribution in [1.29, 1.82) is 0 Å². The molecular weight excluding hydrogens is 108 g/mol. The molecule has 0 fully saturated rings. The molecule has 0 rings (SSSR count). The topological polar surface area (TPSA) is 37.3 Å². The van der Waals surface area contributed by atoms with Crippen LogP contribution >= 0.6 is 0 Å². The Kier molecular flexibility index (Phi) is 9.43. The van der Waals surface area contributed by atoms with Crippen molar-refractivity contribution in [2.45, 2.75) is 13.3 Å². The zero-order valence-corrected chi connectivity index (χ0v) is 5.98. The van der Waals surface area contributed by atoms with E-state index in [1.165, 1.54) is 0 Å². The normalized spacial score (nSPS) is 6.17. The molecule has 0 aromatic carbocycles. The molecule has 0 amide bonds. The zero-order valence-electron chi connectivity index (χ0n) is 5.77. The van der Waals surface area contributed by atoms with Gasteiger partial charge >= 0.3 is 43.7 Å². The Morgan fingerprint density at radius 1 is 2.00 bits per heavy atom. The molecule has 0 atom stereocenters. The number of rotatable bonds is 1. The molecule has 0 saturated carbocycles. The maximum atomic E-state index is 9.37. The molecule has 0 aliphatic rings. The molecule has 0 aromatic rings. The quantitative estimate of drug-likeness (QED) is 0.501. The predicted molar refractivity (Wildman–Crippen MR) is 25.9 cm³/mol. The first-order valence-corrected chi connectivity index (χ1v) is 1.49. The van der Waals surface area contributed by atoms with Crippen LogP contribution in [0, 0.1) is 0 Å². The number of carboxylic acids is 1. The maximum Gasteiger partial charge on any atom is 2.00 e. The molecule has 0 bridgehead atoms. The van der Waals surface area contributed by atoms with Crippen LogP contribution in [-0.2, 0) is 4.79 Å². The van der Waals surface area contributed by atoms with E-state index in [0.29, 0.717) is 0 Å². The van der Waals surface area contributed by atoms with E-state index in [-0.39, 0.29) is 47.0 Å². The van der Waals surface area contributed by atoms with Crippen LogP contribution in [0.1, 0.15) is 16.2 Å². The summed E-state index contributed by atoms with van der Waals surface area (Å²) in [6, 6.07) is 0. The van der Waals surface area contributed by atoms with Crippen molar-refractivity contribution in [2.24, 2.45) is 0 Å². The van der Waals surface area contributed by atoms with Crippen molar-refractivity contribution < 1.29 is 12.8 Å². The third-order valence-corrected chi connectivity index (χ3v) is 0.302. The van der Waals surface area contributed by atoms with Crippen molar-refractivity contribution in [2.75, 3.05) is 0 Å². The number of hydrogen-bond acceptors (Lipinski definition) is 1. The number of carboxylic acid groups (broad SMARTS) is 1. The number of hydrogen-bond donors (Lipinski definition) is 1. The van der Waals surface area contributed by atoms with Gasteiger partial charge in [0.2, 0.25) is 0 Å². The molecule has 0 aliphatic heterocycles. The maximum absolute atomic E-state index is 9.37. The van der Waals surface area contributed by atoms with Gasteiger partial charge in [-0.2, -0.15) is 0 Å². The standard InChI is InChI=1S/C3H6O2.Ca.2H/c1-2-3(4)5;;;/h2H2,1H3,(H,4,5);;;/q;+2;2*-1. The average Bonchev–Trinajstić information content (AvgIpc) is 1.38. The first kappa shape index (κ1) is 9.88. The van der Waals surface area contributed by atoms with Crippen LogP contribution in [0.5, 0.6) is 0 Å². The van der Waals surface area contributed by atoms with Crippen molar-refractivity contribution in [1.82, 2.24) is 0 Å². The van der Waals surface area contributed by atoms with Crippen LogP contribution in [0.3, 0.4) is 0 Å². The summed E-state index contributed by atoms with van der Waals surface area (Å²) in [7, 11) is 0. The number of carbonyl (C=O) groups is 1. The monoisotopic (exact) mass is 116 g/mol. The Morgan fingerprint density at radius 2 is 2.17 bits per heavy atom. The fraction of sp³-hybridized carbons (Fsp3) is 0.667. The number of aliphatic carboxylic acids is 1. The van der Waals surface area contributed by atoms with E-state index in [1.54, 1.807) is 6.92 Å². The smallest absolute Gasteiger partial charge is 1.00 e. The molecule has 34 valence electrons. The van der Waals surface area contributed by atoms with Crippen molar-refractivity contribution in [3.63, 3.8) is 0 Å². The summed E-state index contributed by atoms with van der Waals surface area (Å²) < 4.78 is 0. The van der Waals surface area contributed by atoms with Gasteiger partial charge in [0.15, 0.2) is 0 Å². The summed E-state index contributed by atoms with van der Waals surface area (Å²) in [5.41, 5.74) is 0. The second-order valence-corrected chi connectivity index (χ2v) is 0.747. The van der Waals surface area contributed by atoms with Crippen LogP contribution in [0.4, 0.5) is 0 Å². The van der Waals surface area contributed by atoms with Gasteiger partial charge in [0, 0.05) is 6.42 Å². The summed E-state index contributed by atoms with van der Waals surface area (Å²) in [6.45, 7) is 1.60. The summed E-state index contributed by atoms with van der Waals surface area (Å²) in [6.07, 6.45) is 0.222. The minimum Gasteiger partial charge on any atom is -1.00 e. The van der Waals surface area contributed by atoms with Gasteiger partial charge in [-0.3, -0.25) is 4.79 Å². The third kappa shape index (κ3) is 8.83. The van der Waals surface area contributed by atoms with Gasteiger partial charge in [-0.1, -0.05) is 6.92 Å². The minimum absolute atomic E-state index is 0. The van der Waals surface area contributed by atoms with E-state index in [1.807, 2.05) is 0 Å². The average molecular weight is 116 g/mol. The Hall–Kier alpha value is 0.730. The van der Waals surface area contributed by atoms with Crippen molar-refractivity contribution in [3.05, 3.63) is 0 Å². The largest absolute Gasteiger partial charge is 2.00 e. The van der Waals surface area contributed by atoms with Crippen LogP contribution in [-0.4, -0.2) is 48.8 Å². The fourth-order valence-corrected chi connectivity index (χ4v) is 0. The van der Waals surface area contributed by atoms with E-state index in [9.17, 15) is 4.79 Å². The summed E-state index contributed by atoms with van der Waals surface area (Å²) in [5, 5.41) is 7.72. The van der Waals surface area contributed by atoms with Gasteiger partial charge in [-0.25, -0.2) is 0 Å². The Labute approximate surface area is 69.5 Å². The third-order valence-electron chi connectivity index (χ3n) is 0.302. The molecule has 0 aliphatic carbocycles. The molecular formula is C3H8CaO2. The summed E-state index contributed by atoms with van der Waals surface area (Å²) in [4.78, 5) is 9.37. The van der Waals surface area contributed by atoms with E-state index in [4.69, 9.17) is 5.11 Å². The van der Waals surface area contributed by atoms with Gasteiger partial charge < -0.3 is 7.96 Å². The van der Waals surface area contributed by atoms with Crippen LogP contribution in [0.15, 0.2) is 0 Å². The molecule has 3 heteroatoms. The Morgan fingerprint density at radius 3 is 2.17 bits per heavy atom. The van der Waals surface area contributed by atoms with Crippen LogP contribution < -0.4 is 0 Å². The first-order valence-electron chi connectivity index (χ1n) is 1.49. The molecule has 0 saturated heterocycles. The van der Waals surface area contributed by atoms with Gasteiger partial charge in [-0.05, 0) is 0 Å². The molecule has 0 heterocycles. The Bertz CT molecular complexity index is 50.5. The molecule has 0 aromatic heterocycles. The second-order valence-electron chi connectivity index (χ2n) is 0.747. The van der Waals surface area contributed by atoms with Crippen LogP contribution in [0.25, 0.3) is 0 Å². The SMILES string of the molecule is CCC(=O)O.[Ca+2].[H-].[H-]. The van der Waals surface area contributed by atoms with Crippen LogP contribution in [0.2, 0.25) is 0 Å². The van der Waals surface area contributed by atoms with Gasteiger partial charge in [0.05, 0.1) is 0 Å². The van der Waals surface area contributed by atoms with Gasteiger partial charge in [0.25, 0.3) is 0 Å². The zero-order chi connectivity index (χ0) is 4.28. The summed E-state index contributed by atoms with van der Waals surface area (Å²) in [5.74, 6) is -0.745. The predicted octanol–water partition coefficient (Wildman–Crippen LogP) is 0.325. The Balaban J connectivity index is -0.0000000267. The van der Waals surface area contributed by atoms with Crippen molar-refractivity contribution >= 4 is 43.7 Å². The molecule has 6 heavy (non-hydrogen) atoms. The van der Waals surface area contributed by atoms with Gasteiger partial charge in [-0.15, -0.1) is 0 Å². The molecule has 1 N–H and O–H groups in total. The summed E-state index contributed by atoms with van der Waals surface area (Å²) >= 11 is 0. The first-order chi connectivity index (χ1) is 2.27. The fourth-order valence-electron chi connectivity index (χ4n) is 0. The van der Waals surface area contributed by atoms with E-state index in [2.05, 4.69) is 0 Å².